The first-order valence-electron chi connectivity index (χ1n) is 8.35. The molecule has 0 saturated heterocycles. The Morgan fingerprint density at radius 2 is 1.71 bits per heavy atom. The van der Waals surface area contributed by atoms with E-state index in [9.17, 15) is 18.0 Å². The largest absolute Gasteiger partial charge is 0.348 e. The van der Waals surface area contributed by atoms with Gasteiger partial charge in [-0.15, -0.1) is 11.3 Å². The Morgan fingerprint density at radius 3 is 2.39 bits per heavy atom. The molecule has 3 rings (SSSR count). The maximum Gasteiger partial charge on any atom is 0.252 e. The van der Waals surface area contributed by atoms with Gasteiger partial charge in [0.05, 0.1) is 16.7 Å². The van der Waals surface area contributed by atoms with Gasteiger partial charge in [0.25, 0.3) is 5.91 Å². The molecule has 0 aliphatic heterocycles. The molecule has 0 saturated carbocycles. The zero-order valence-corrected chi connectivity index (χ0v) is 16.6. The highest BCUT2D eigenvalue weighted by atomic mass is 32.2. The van der Waals surface area contributed by atoms with Gasteiger partial charge < -0.3 is 5.32 Å². The predicted octanol–water partition coefficient (Wildman–Crippen LogP) is 3.28. The van der Waals surface area contributed by atoms with Crippen molar-refractivity contribution in [2.24, 2.45) is 0 Å². The van der Waals surface area contributed by atoms with Gasteiger partial charge in [-0.1, -0.05) is 36.4 Å². The van der Waals surface area contributed by atoms with Crippen molar-refractivity contribution in [3.8, 4) is 0 Å². The number of hydrogen-bond acceptors (Lipinski definition) is 5. The molecule has 0 aliphatic rings. The number of benzene rings is 2. The van der Waals surface area contributed by atoms with E-state index in [1.165, 1.54) is 11.3 Å². The highest BCUT2D eigenvalue weighted by Crippen LogP contribution is 2.19. The predicted molar refractivity (Wildman–Crippen MR) is 110 cm³/mol. The van der Waals surface area contributed by atoms with Crippen LogP contribution in [0.3, 0.4) is 0 Å². The summed E-state index contributed by atoms with van der Waals surface area (Å²) in [6.45, 7) is 0.194. The average molecular weight is 415 g/mol. The minimum atomic E-state index is -3.38. The molecule has 0 fully saturated rings. The molecule has 2 aromatic carbocycles. The Labute approximate surface area is 167 Å². The minimum absolute atomic E-state index is 0.194. The summed E-state index contributed by atoms with van der Waals surface area (Å²) in [6, 6.07) is 16.9. The number of sulfonamides is 1. The van der Waals surface area contributed by atoms with Crippen LogP contribution in [0.4, 0.5) is 5.69 Å². The number of carbonyl (C=O) groups is 2. The number of amides is 1. The third-order valence-corrected chi connectivity index (χ3v) is 5.32. The van der Waals surface area contributed by atoms with Gasteiger partial charge in [-0.3, -0.25) is 14.3 Å². The van der Waals surface area contributed by atoms with Crippen LogP contribution >= 0.6 is 11.3 Å². The SMILES string of the molecule is CS(=O)(=O)Nc1cccc(CNC(=O)c2ccccc2C(=O)c2cccs2)c1. The van der Waals surface area contributed by atoms with E-state index >= 15 is 0 Å². The summed E-state index contributed by atoms with van der Waals surface area (Å²) in [5.74, 6) is -0.568. The fourth-order valence-electron chi connectivity index (χ4n) is 2.66. The first kappa shape index (κ1) is 19.8. The number of nitrogens with one attached hydrogen (secondary N) is 2. The summed E-state index contributed by atoms with van der Waals surface area (Å²) in [5.41, 5.74) is 1.79. The van der Waals surface area contributed by atoms with E-state index in [0.29, 0.717) is 21.7 Å². The lowest BCUT2D eigenvalue weighted by Crippen LogP contribution is -2.25. The lowest BCUT2D eigenvalue weighted by molar-refractivity contribution is 0.0940. The van der Waals surface area contributed by atoms with Crippen LogP contribution in [0, 0.1) is 0 Å². The Balaban J connectivity index is 1.74. The van der Waals surface area contributed by atoms with Crippen molar-refractivity contribution >= 4 is 38.7 Å². The first-order chi connectivity index (χ1) is 13.3. The Kier molecular flexibility index (Phi) is 5.91. The van der Waals surface area contributed by atoms with Crippen molar-refractivity contribution < 1.29 is 18.0 Å². The van der Waals surface area contributed by atoms with E-state index in [4.69, 9.17) is 0 Å². The van der Waals surface area contributed by atoms with Crippen LogP contribution in [0.15, 0.2) is 66.0 Å². The van der Waals surface area contributed by atoms with Crippen LogP contribution in [0.1, 0.15) is 31.2 Å². The number of ketones is 1. The summed E-state index contributed by atoms with van der Waals surface area (Å²) in [6.07, 6.45) is 1.07. The molecule has 8 heteroatoms. The van der Waals surface area contributed by atoms with E-state index in [1.807, 2.05) is 5.38 Å². The van der Waals surface area contributed by atoms with Crippen LogP contribution in [0.25, 0.3) is 0 Å². The molecule has 6 nitrogen and oxygen atoms in total. The van der Waals surface area contributed by atoms with Gasteiger partial charge in [0.15, 0.2) is 0 Å². The summed E-state index contributed by atoms with van der Waals surface area (Å²) in [5, 5.41) is 4.59. The minimum Gasteiger partial charge on any atom is -0.348 e. The molecule has 0 atom stereocenters. The molecule has 0 bridgehead atoms. The van der Waals surface area contributed by atoms with E-state index in [1.54, 1.807) is 60.7 Å². The van der Waals surface area contributed by atoms with E-state index in [2.05, 4.69) is 10.0 Å². The summed E-state index contributed by atoms with van der Waals surface area (Å²) in [4.78, 5) is 25.9. The fraction of sp³-hybridized carbons (Fsp3) is 0.100. The zero-order chi connectivity index (χ0) is 20.1. The second-order valence-corrected chi connectivity index (χ2v) is 8.81. The zero-order valence-electron chi connectivity index (χ0n) is 15.0. The van der Waals surface area contributed by atoms with E-state index in [0.717, 1.165) is 11.8 Å². The van der Waals surface area contributed by atoms with Crippen LogP contribution in [-0.2, 0) is 16.6 Å². The second-order valence-electron chi connectivity index (χ2n) is 6.11. The van der Waals surface area contributed by atoms with Gasteiger partial charge in [-0.25, -0.2) is 8.42 Å². The second kappa shape index (κ2) is 8.37. The molecule has 0 aliphatic carbocycles. The smallest absolute Gasteiger partial charge is 0.252 e. The number of thiophene rings is 1. The molecule has 1 amide bonds. The van der Waals surface area contributed by atoms with Crippen LogP contribution in [0.5, 0.6) is 0 Å². The molecular formula is C20H18N2O4S2. The lowest BCUT2D eigenvalue weighted by atomic mass is 10.0. The maximum atomic E-state index is 12.7. The van der Waals surface area contributed by atoms with Crippen LogP contribution < -0.4 is 10.0 Å². The van der Waals surface area contributed by atoms with Gasteiger partial charge in [-0.2, -0.15) is 0 Å². The normalized spacial score (nSPS) is 11.0. The van der Waals surface area contributed by atoms with Gasteiger partial charge in [0.1, 0.15) is 0 Å². The standard InChI is InChI=1S/C20H18N2O4S2/c1-28(25,26)22-15-7-4-6-14(12-15)13-21-20(24)17-9-3-2-8-16(17)19(23)18-10-5-11-27-18/h2-12,22H,13H2,1H3,(H,21,24). The molecule has 3 aromatic rings. The molecule has 0 spiro atoms. The maximum absolute atomic E-state index is 12.7. The molecule has 1 heterocycles. The molecule has 0 radical (unpaired) electrons. The molecule has 2 N–H and O–H groups in total. The van der Waals surface area contributed by atoms with Crippen molar-refractivity contribution in [2.45, 2.75) is 6.54 Å². The Morgan fingerprint density at radius 1 is 0.964 bits per heavy atom. The van der Waals surface area contributed by atoms with Gasteiger partial charge >= 0.3 is 0 Å². The number of hydrogen-bond donors (Lipinski definition) is 2. The topological polar surface area (TPSA) is 92.3 Å². The molecule has 1 aromatic heterocycles. The van der Waals surface area contributed by atoms with Crippen molar-refractivity contribution in [2.75, 3.05) is 11.0 Å². The third-order valence-electron chi connectivity index (χ3n) is 3.84. The number of anilines is 1. The summed E-state index contributed by atoms with van der Waals surface area (Å²) in [7, 11) is -3.38. The third kappa shape index (κ3) is 5.05. The van der Waals surface area contributed by atoms with Crippen molar-refractivity contribution in [3.05, 3.63) is 87.6 Å². The Hall–Kier alpha value is -2.97. The molecule has 28 heavy (non-hydrogen) atoms. The van der Waals surface area contributed by atoms with Gasteiger partial charge in [0.2, 0.25) is 15.8 Å². The van der Waals surface area contributed by atoms with Crippen LogP contribution in [-0.4, -0.2) is 26.4 Å². The fourth-order valence-corrected chi connectivity index (χ4v) is 3.89. The lowest BCUT2D eigenvalue weighted by Gasteiger charge is -2.10. The van der Waals surface area contributed by atoms with Crippen molar-refractivity contribution in [1.29, 1.82) is 0 Å². The molecular weight excluding hydrogens is 396 g/mol. The average Bonchev–Trinajstić information content (AvgIpc) is 3.19. The number of carbonyl (C=O) groups excluding carboxylic acids is 2. The highest BCUT2D eigenvalue weighted by Gasteiger charge is 2.18. The molecule has 0 unspecified atom stereocenters. The van der Waals surface area contributed by atoms with Crippen LogP contribution in [0.2, 0.25) is 0 Å². The van der Waals surface area contributed by atoms with Crippen molar-refractivity contribution in [1.82, 2.24) is 5.32 Å². The monoisotopic (exact) mass is 414 g/mol. The summed E-state index contributed by atoms with van der Waals surface area (Å²) < 4.78 is 25.1. The Bertz CT molecular complexity index is 1110. The molecule has 144 valence electrons. The summed E-state index contributed by atoms with van der Waals surface area (Å²) >= 11 is 1.33. The van der Waals surface area contributed by atoms with Crippen molar-refractivity contribution in [3.63, 3.8) is 0 Å². The van der Waals surface area contributed by atoms with Gasteiger partial charge in [0, 0.05) is 17.8 Å². The first-order valence-corrected chi connectivity index (χ1v) is 11.1. The number of rotatable bonds is 7. The van der Waals surface area contributed by atoms with Gasteiger partial charge in [-0.05, 0) is 35.2 Å². The quantitative estimate of drug-likeness (QED) is 0.581. The van der Waals surface area contributed by atoms with E-state index < -0.39 is 10.0 Å². The highest BCUT2D eigenvalue weighted by molar-refractivity contribution is 7.92. The van der Waals surface area contributed by atoms with E-state index in [-0.39, 0.29) is 18.2 Å².